The lowest BCUT2D eigenvalue weighted by Crippen LogP contribution is -2.41. The molecule has 11 heteroatoms. The molecular weight excluding hydrogens is 522 g/mol. The van der Waals surface area contributed by atoms with E-state index in [2.05, 4.69) is 0 Å². The van der Waals surface area contributed by atoms with E-state index in [0.29, 0.717) is 5.56 Å². The maximum atomic E-state index is 12.6. The van der Waals surface area contributed by atoms with Gasteiger partial charge in [-0.15, -0.1) is 0 Å². The summed E-state index contributed by atoms with van der Waals surface area (Å²) in [5.74, 6) is -3.46. The van der Waals surface area contributed by atoms with Crippen molar-refractivity contribution in [3.63, 3.8) is 0 Å². The highest BCUT2D eigenvalue weighted by Crippen LogP contribution is 2.36. The first-order chi connectivity index (χ1) is 18.3. The lowest BCUT2D eigenvalue weighted by atomic mass is 9.82. The molecule has 0 aromatic heterocycles. The fraction of sp³-hybridized carbons (Fsp3) is 0.655. The Morgan fingerprint density at radius 2 is 1.30 bits per heavy atom. The van der Waals surface area contributed by atoms with E-state index < -0.39 is 59.7 Å². The molecule has 0 spiro atoms. The van der Waals surface area contributed by atoms with E-state index in [1.807, 2.05) is 27.7 Å². The van der Waals surface area contributed by atoms with E-state index in [1.165, 1.54) is 18.2 Å². The van der Waals surface area contributed by atoms with Gasteiger partial charge in [0.25, 0.3) is 0 Å². The van der Waals surface area contributed by atoms with Crippen molar-refractivity contribution in [1.82, 2.24) is 0 Å². The van der Waals surface area contributed by atoms with Gasteiger partial charge in [0.2, 0.25) is 0 Å². The summed E-state index contributed by atoms with van der Waals surface area (Å²) in [5, 5.41) is 9.71. The van der Waals surface area contributed by atoms with Crippen LogP contribution in [0.5, 0.6) is 11.5 Å². The van der Waals surface area contributed by atoms with Crippen LogP contribution < -0.4 is 15.2 Å². The normalized spacial score (nSPS) is 15.4. The number of esters is 1. The summed E-state index contributed by atoms with van der Waals surface area (Å²) < 4.78 is 26.7. The molecule has 0 heterocycles. The first-order valence-corrected chi connectivity index (χ1v) is 13.4. The molecule has 1 rings (SSSR count). The monoisotopic (exact) mass is 567 g/mol. The first-order valence-electron chi connectivity index (χ1n) is 13.4. The molecule has 0 amide bonds. The molecule has 226 valence electrons. The predicted molar refractivity (Wildman–Crippen MR) is 147 cm³/mol. The molecule has 0 aliphatic rings. The van der Waals surface area contributed by atoms with Gasteiger partial charge >= 0.3 is 24.2 Å². The van der Waals surface area contributed by atoms with Crippen LogP contribution in [0, 0.1) is 23.2 Å². The van der Waals surface area contributed by atoms with E-state index in [-0.39, 0.29) is 29.9 Å². The van der Waals surface area contributed by atoms with Crippen LogP contribution in [0.1, 0.15) is 80.7 Å². The third-order valence-corrected chi connectivity index (χ3v) is 6.56. The fourth-order valence-corrected chi connectivity index (χ4v) is 3.27. The van der Waals surface area contributed by atoms with Gasteiger partial charge in [0.05, 0.1) is 12.0 Å². The summed E-state index contributed by atoms with van der Waals surface area (Å²) in [5.41, 5.74) is 5.66. The molecule has 3 N–H and O–H groups in total. The third kappa shape index (κ3) is 10.7. The van der Waals surface area contributed by atoms with E-state index in [9.17, 15) is 24.3 Å². The Balaban J connectivity index is 3.43. The van der Waals surface area contributed by atoms with Crippen LogP contribution in [-0.4, -0.2) is 54.2 Å². The maximum Gasteiger partial charge on any atom is 0.514 e. The highest BCUT2D eigenvalue weighted by atomic mass is 16.7. The largest absolute Gasteiger partial charge is 0.514 e. The lowest BCUT2D eigenvalue weighted by molar-refractivity contribution is -0.154. The molecular formula is C29H45NO10. The molecule has 0 fully saturated rings. The number of hydrogen-bond donors (Lipinski definition) is 2. The zero-order valence-electron chi connectivity index (χ0n) is 25.2. The molecule has 1 aromatic rings. The Labute approximate surface area is 236 Å². The summed E-state index contributed by atoms with van der Waals surface area (Å²) in [6, 6.07) is 2.80. The van der Waals surface area contributed by atoms with E-state index in [0.717, 1.165) is 0 Å². The minimum absolute atomic E-state index is 0.0108. The third-order valence-electron chi connectivity index (χ3n) is 6.56. The summed E-state index contributed by atoms with van der Waals surface area (Å²) >= 11 is 0. The number of carboxylic acid groups (broad SMARTS) is 1. The Kier molecular flexibility index (Phi) is 12.9. The standard InChI is InChI=1S/C29H45NO10/c1-15(2)18(6)37-27(34)39-21-12-11-20(13-22(21)40-28(35)38-19(7)16(3)4)23(24(30)25(31)32)17(5)14-36-26(33)29(8,9)10/h11-13,15-19,23-24H,14,30H2,1-10H3,(H,31,32)/t17?,18?,19?,23?,24-/m0/s1. The van der Waals surface area contributed by atoms with Crippen LogP contribution in [0.15, 0.2) is 18.2 Å². The van der Waals surface area contributed by atoms with E-state index in [1.54, 1.807) is 41.5 Å². The maximum absolute atomic E-state index is 12.6. The van der Waals surface area contributed by atoms with Gasteiger partial charge in [-0.1, -0.05) is 40.7 Å². The fourth-order valence-electron chi connectivity index (χ4n) is 3.27. The van der Waals surface area contributed by atoms with Gasteiger partial charge < -0.3 is 34.5 Å². The van der Waals surface area contributed by atoms with Gasteiger partial charge in [-0.05, 0) is 70.1 Å². The second-order valence-corrected chi connectivity index (χ2v) is 11.8. The van der Waals surface area contributed by atoms with Crippen molar-refractivity contribution in [1.29, 1.82) is 0 Å². The number of nitrogens with two attached hydrogens (primary N) is 1. The van der Waals surface area contributed by atoms with Gasteiger partial charge in [0, 0.05) is 5.92 Å². The Morgan fingerprint density at radius 1 is 0.825 bits per heavy atom. The average molecular weight is 568 g/mol. The van der Waals surface area contributed by atoms with Crippen molar-refractivity contribution < 1.29 is 48.0 Å². The van der Waals surface area contributed by atoms with Crippen LogP contribution >= 0.6 is 0 Å². The smallest absolute Gasteiger partial charge is 0.480 e. The summed E-state index contributed by atoms with van der Waals surface area (Å²) in [7, 11) is 0. The number of hydrogen-bond acceptors (Lipinski definition) is 10. The molecule has 40 heavy (non-hydrogen) atoms. The molecule has 0 aliphatic heterocycles. The molecule has 1 aromatic carbocycles. The minimum Gasteiger partial charge on any atom is -0.480 e. The van der Waals surface area contributed by atoms with Crippen molar-refractivity contribution in [3.05, 3.63) is 23.8 Å². The zero-order chi connectivity index (χ0) is 30.9. The number of ether oxygens (including phenoxy) is 5. The number of carbonyl (C=O) groups excluding carboxylic acids is 3. The van der Waals surface area contributed by atoms with Crippen molar-refractivity contribution in [2.45, 2.75) is 93.4 Å². The number of rotatable bonds is 12. The van der Waals surface area contributed by atoms with Crippen LogP contribution in [-0.2, 0) is 23.8 Å². The van der Waals surface area contributed by atoms with Crippen molar-refractivity contribution in [2.75, 3.05) is 6.61 Å². The number of benzene rings is 1. The van der Waals surface area contributed by atoms with Crippen molar-refractivity contribution in [3.8, 4) is 11.5 Å². The summed E-state index contributed by atoms with van der Waals surface area (Å²) in [6.07, 6.45) is -2.97. The van der Waals surface area contributed by atoms with Gasteiger partial charge in [-0.3, -0.25) is 9.59 Å². The Hall–Kier alpha value is -3.34. The minimum atomic E-state index is -1.40. The summed E-state index contributed by atoms with van der Waals surface area (Å²) in [4.78, 5) is 49.2. The van der Waals surface area contributed by atoms with Crippen molar-refractivity contribution in [2.24, 2.45) is 28.9 Å². The van der Waals surface area contributed by atoms with E-state index >= 15 is 0 Å². The van der Waals surface area contributed by atoms with Gasteiger partial charge in [0.15, 0.2) is 11.5 Å². The SMILES string of the molecule is CC(C)C(C)OC(=O)Oc1ccc(C(C(C)COC(=O)C(C)(C)C)[C@H](N)C(=O)O)cc1OC(=O)OC(C)C(C)C. The van der Waals surface area contributed by atoms with Gasteiger partial charge in [-0.2, -0.15) is 0 Å². The Morgan fingerprint density at radius 3 is 1.73 bits per heavy atom. The average Bonchev–Trinajstić information content (AvgIpc) is 2.82. The molecule has 5 atom stereocenters. The zero-order valence-corrected chi connectivity index (χ0v) is 25.2. The number of aliphatic carboxylic acids is 1. The second kappa shape index (κ2) is 14.9. The molecule has 0 radical (unpaired) electrons. The highest BCUT2D eigenvalue weighted by Gasteiger charge is 2.34. The van der Waals surface area contributed by atoms with Crippen molar-refractivity contribution >= 4 is 24.2 Å². The topological polar surface area (TPSA) is 161 Å². The molecule has 0 bridgehead atoms. The molecule has 0 saturated carbocycles. The highest BCUT2D eigenvalue weighted by molar-refractivity contribution is 5.76. The number of carboxylic acids is 1. The van der Waals surface area contributed by atoms with Crippen LogP contribution in [0.4, 0.5) is 9.59 Å². The van der Waals surface area contributed by atoms with Gasteiger partial charge in [0.1, 0.15) is 18.2 Å². The molecule has 0 aliphatic carbocycles. The predicted octanol–water partition coefficient (Wildman–Crippen LogP) is 5.53. The quantitative estimate of drug-likeness (QED) is 0.186. The van der Waals surface area contributed by atoms with Crippen LogP contribution in [0.2, 0.25) is 0 Å². The van der Waals surface area contributed by atoms with E-state index in [4.69, 9.17) is 29.4 Å². The first kappa shape index (κ1) is 34.7. The second-order valence-electron chi connectivity index (χ2n) is 11.8. The van der Waals surface area contributed by atoms with Crippen LogP contribution in [0.3, 0.4) is 0 Å². The lowest BCUT2D eigenvalue weighted by Gasteiger charge is -2.29. The molecule has 11 nitrogen and oxygen atoms in total. The molecule has 0 saturated heterocycles. The number of carbonyl (C=O) groups is 4. The van der Waals surface area contributed by atoms with Crippen LogP contribution in [0.25, 0.3) is 0 Å². The van der Waals surface area contributed by atoms with Gasteiger partial charge in [-0.25, -0.2) is 9.59 Å². The molecule has 4 unspecified atom stereocenters. The summed E-state index contributed by atoms with van der Waals surface area (Å²) in [6.45, 7) is 17.6. The Bertz CT molecular complexity index is 1030.